The van der Waals surface area contributed by atoms with Gasteiger partial charge in [0.2, 0.25) is 0 Å². The van der Waals surface area contributed by atoms with Gasteiger partial charge in [-0.05, 0) is 39.2 Å². The van der Waals surface area contributed by atoms with E-state index in [1.54, 1.807) is 0 Å². The molecule has 0 saturated heterocycles. The van der Waals surface area contributed by atoms with Gasteiger partial charge >= 0.3 is 0 Å². The number of hydrogen-bond donors (Lipinski definition) is 1. The van der Waals surface area contributed by atoms with Gasteiger partial charge in [0.15, 0.2) is 0 Å². The topological polar surface area (TPSA) is 35.8 Å². The number of hydrogen-bond acceptors (Lipinski definition) is 2. The Morgan fingerprint density at radius 2 is 2.17 bits per heavy atom. The summed E-state index contributed by atoms with van der Waals surface area (Å²) in [6.45, 7) is 7.22. The van der Waals surface area contributed by atoms with Crippen LogP contribution in [0, 0.1) is 22.7 Å². The molecule has 1 saturated carbocycles. The van der Waals surface area contributed by atoms with E-state index in [1.807, 2.05) is 13.8 Å². The Hall–Kier alpha value is -0.550. The van der Waals surface area contributed by atoms with Crippen molar-refractivity contribution in [2.45, 2.75) is 39.7 Å². The maximum Gasteiger partial charge on any atom is 0.0684 e. The summed E-state index contributed by atoms with van der Waals surface area (Å²) >= 11 is 0. The van der Waals surface area contributed by atoms with Crippen LogP contribution in [0.15, 0.2) is 0 Å². The summed E-state index contributed by atoms with van der Waals surface area (Å²) in [6.07, 6.45) is 2.26. The third-order valence-corrected chi connectivity index (χ3v) is 2.57. The minimum absolute atomic E-state index is 0.162. The molecular weight excluding hydrogens is 148 g/mol. The Morgan fingerprint density at radius 3 is 2.58 bits per heavy atom. The van der Waals surface area contributed by atoms with E-state index >= 15 is 0 Å². The molecule has 0 aromatic heterocycles. The summed E-state index contributed by atoms with van der Waals surface area (Å²) in [4.78, 5) is 0. The molecule has 0 aliphatic heterocycles. The van der Waals surface area contributed by atoms with Gasteiger partial charge in [-0.25, -0.2) is 0 Å². The normalized spacial score (nSPS) is 28.2. The zero-order valence-electron chi connectivity index (χ0n) is 8.22. The van der Waals surface area contributed by atoms with Crippen LogP contribution in [0.3, 0.4) is 0 Å². The number of nitriles is 1. The highest BCUT2D eigenvalue weighted by Gasteiger charge is 2.31. The van der Waals surface area contributed by atoms with Gasteiger partial charge in [0.1, 0.15) is 0 Å². The van der Waals surface area contributed by atoms with Gasteiger partial charge in [0.25, 0.3) is 0 Å². The molecule has 0 spiro atoms. The monoisotopic (exact) mass is 166 g/mol. The van der Waals surface area contributed by atoms with Gasteiger partial charge < -0.3 is 5.32 Å². The van der Waals surface area contributed by atoms with Gasteiger partial charge in [-0.15, -0.1) is 0 Å². The third-order valence-electron chi connectivity index (χ3n) is 2.57. The lowest BCUT2D eigenvalue weighted by Crippen LogP contribution is -2.23. The highest BCUT2D eigenvalue weighted by molar-refractivity contribution is 4.94. The smallest absolute Gasteiger partial charge is 0.0684 e. The number of rotatable bonds is 4. The summed E-state index contributed by atoms with van der Waals surface area (Å²) in [5, 5.41) is 12.2. The predicted molar refractivity (Wildman–Crippen MR) is 49.6 cm³/mol. The second kappa shape index (κ2) is 3.45. The van der Waals surface area contributed by atoms with Crippen LogP contribution in [0.4, 0.5) is 0 Å². The molecule has 0 amide bonds. The van der Waals surface area contributed by atoms with Crippen LogP contribution < -0.4 is 5.32 Å². The molecule has 0 heterocycles. The van der Waals surface area contributed by atoms with E-state index in [4.69, 9.17) is 5.26 Å². The Kier molecular flexibility index (Phi) is 2.74. The molecule has 0 aromatic rings. The van der Waals surface area contributed by atoms with E-state index in [0.717, 1.165) is 24.9 Å². The molecule has 0 aromatic carbocycles. The molecule has 68 valence electrons. The molecule has 1 aliphatic carbocycles. The van der Waals surface area contributed by atoms with Gasteiger partial charge in [-0.2, -0.15) is 5.26 Å². The van der Waals surface area contributed by atoms with Crippen molar-refractivity contribution in [3.05, 3.63) is 0 Å². The molecule has 2 atom stereocenters. The van der Waals surface area contributed by atoms with Crippen LogP contribution in [-0.2, 0) is 0 Å². The molecule has 12 heavy (non-hydrogen) atoms. The van der Waals surface area contributed by atoms with E-state index in [2.05, 4.69) is 18.3 Å². The fourth-order valence-electron chi connectivity index (χ4n) is 1.23. The van der Waals surface area contributed by atoms with Crippen LogP contribution in [0.1, 0.15) is 33.6 Å². The van der Waals surface area contributed by atoms with Gasteiger partial charge in [-0.3, -0.25) is 0 Å². The van der Waals surface area contributed by atoms with Crippen LogP contribution in [0.25, 0.3) is 0 Å². The minimum Gasteiger partial charge on any atom is -0.314 e. The highest BCUT2D eigenvalue weighted by atomic mass is 15.0. The van der Waals surface area contributed by atoms with Crippen molar-refractivity contribution in [2.24, 2.45) is 11.3 Å². The molecule has 0 bridgehead atoms. The van der Waals surface area contributed by atoms with Gasteiger partial charge in [0.05, 0.1) is 11.5 Å². The van der Waals surface area contributed by atoms with Crippen molar-refractivity contribution >= 4 is 0 Å². The van der Waals surface area contributed by atoms with Crippen molar-refractivity contribution in [3.63, 3.8) is 0 Å². The van der Waals surface area contributed by atoms with Crippen molar-refractivity contribution in [1.29, 1.82) is 5.26 Å². The Labute approximate surface area is 75.0 Å². The van der Waals surface area contributed by atoms with Crippen LogP contribution in [0.5, 0.6) is 0 Å². The first-order valence-electron chi connectivity index (χ1n) is 4.70. The average Bonchev–Trinajstić information content (AvgIpc) is 2.67. The van der Waals surface area contributed by atoms with Crippen molar-refractivity contribution < 1.29 is 0 Å². The summed E-state index contributed by atoms with van der Waals surface area (Å²) in [5.74, 6) is 0.857. The zero-order chi connectivity index (χ0) is 9.19. The van der Waals surface area contributed by atoms with Crippen LogP contribution >= 0.6 is 0 Å². The van der Waals surface area contributed by atoms with E-state index < -0.39 is 0 Å². The van der Waals surface area contributed by atoms with Gasteiger partial charge in [0, 0.05) is 6.04 Å². The lowest BCUT2D eigenvalue weighted by molar-refractivity contribution is 0.429. The predicted octanol–water partition coefficient (Wildman–Crippen LogP) is 1.92. The van der Waals surface area contributed by atoms with Gasteiger partial charge in [-0.1, -0.05) is 6.92 Å². The maximum atomic E-state index is 8.75. The summed E-state index contributed by atoms with van der Waals surface area (Å²) in [6, 6.07) is 3.04. The van der Waals surface area contributed by atoms with Crippen molar-refractivity contribution in [2.75, 3.05) is 6.54 Å². The summed E-state index contributed by atoms with van der Waals surface area (Å²) in [5.41, 5.74) is -0.162. The molecule has 1 rings (SSSR count). The molecule has 2 heteroatoms. The van der Waals surface area contributed by atoms with Crippen LogP contribution in [-0.4, -0.2) is 12.6 Å². The minimum atomic E-state index is -0.162. The second-order valence-corrected chi connectivity index (χ2v) is 4.52. The molecule has 0 radical (unpaired) electrons. The highest BCUT2D eigenvalue weighted by Crippen LogP contribution is 2.29. The lowest BCUT2D eigenvalue weighted by atomic mass is 9.91. The Balaban J connectivity index is 2.07. The first-order chi connectivity index (χ1) is 5.55. The third kappa shape index (κ3) is 2.83. The molecule has 2 nitrogen and oxygen atoms in total. The molecule has 1 aliphatic rings. The fraction of sp³-hybridized carbons (Fsp3) is 0.900. The van der Waals surface area contributed by atoms with Crippen molar-refractivity contribution in [1.82, 2.24) is 5.32 Å². The van der Waals surface area contributed by atoms with Crippen molar-refractivity contribution in [3.8, 4) is 6.07 Å². The summed E-state index contributed by atoms with van der Waals surface area (Å²) in [7, 11) is 0. The maximum absolute atomic E-state index is 8.75. The first-order valence-corrected chi connectivity index (χ1v) is 4.70. The Bertz CT molecular complexity index is 191. The SMILES string of the molecule is CC1CC1NCCC(C)(C)C#N. The number of nitrogens with one attached hydrogen (secondary N) is 1. The first kappa shape index (κ1) is 9.54. The summed E-state index contributed by atoms with van der Waals surface area (Å²) < 4.78 is 0. The molecule has 2 unspecified atom stereocenters. The zero-order valence-corrected chi connectivity index (χ0v) is 8.22. The second-order valence-electron chi connectivity index (χ2n) is 4.52. The molecule has 1 fully saturated rings. The number of nitrogens with zero attached hydrogens (tertiary/aromatic N) is 1. The van der Waals surface area contributed by atoms with Crippen LogP contribution in [0.2, 0.25) is 0 Å². The Morgan fingerprint density at radius 1 is 1.58 bits per heavy atom. The van der Waals surface area contributed by atoms with E-state index in [1.165, 1.54) is 6.42 Å². The van der Waals surface area contributed by atoms with E-state index in [9.17, 15) is 0 Å². The standard InChI is InChI=1S/C10H18N2/c1-8-6-9(8)12-5-4-10(2,3)7-11/h8-9,12H,4-6H2,1-3H3. The average molecular weight is 166 g/mol. The van der Waals surface area contributed by atoms with E-state index in [-0.39, 0.29) is 5.41 Å². The lowest BCUT2D eigenvalue weighted by Gasteiger charge is -2.14. The quantitative estimate of drug-likeness (QED) is 0.692. The largest absolute Gasteiger partial charge is 0.314 e. The van der Waals surface area contributed by atoms with E-state index in [0.29, 0.717) is 0 Å². The fourth-order valence-corrected chi connectivity index (χ4v) is 1.23. The molecule has 1 N–H and O–H groups in total. The molecular formula is C10H18N2.